The molecule has 0 N–H and O–H groups in total. The molecule has 0 heterocycles. The Morgan fingerprint density at radius 1 is 0.438 bits per heavy atom. The van der Waals surface area contributed by atoms with Gasteiger partial charge in [0.25, 0.3) is 0 Å². The van der Waals surface area contributed by atoms with Crippen LogP contribution in [-0.4, -0.2) is 25.3 Å². The maximum Gasteiger partial charge on any atom is 0.0808 e. The van der Waals surface area contributed by atoms with Crippen LogP contribution in [-0.2, 0) is 0 Å². The lowest BCUT2D eigenvalue weighted by Crippen LogP contribution is -2.37. The van der Waals surface area contributed by atoms with Gasteiger partial charge in [0.2, 0.25) is 0 Å². The molecule has 0 spiro atoms. The molecule has 0 aliphatic carbocycles. The number of unbranched alkanes of at least 4 members (excludes halogenated alkanes) is 20. The highest BCUT2D eigenvalue weighted by atomic mass is 16.5. The van der Waals surface area contributed by atoms with E-state index in [0.717, 1.165) is 6.54 Å². The molecule has 0 saturated heterocycles. The number of rotatable bonds is 26. The van der Waals surface area contributed by atoms with Gasteiger partial charge >= 0.3 is 0 Å². The minimum absolute atomic E-state index is 0.110. The van der Waals surface area contributed by atoms with Crippen molar-refractivity contribution >= 4 is 0 Å². The normalized spacial score (nSPS) is 13.0. The fourth-order valence-electron chi connectivity index (χ4n) is 5.14. The van der Waals surface area contributed by atoms with Crippen molar-refractivity contribution in [1.82, 2.24) is 0 Å². The second-order valence-electron chi connectivity index (χ2n) is 11.3. The van der Waals surface area contributed by atoms with E-state index in [1.807, 2.05) is 14.1 Å². The molecule has 0 aliphatic rings. The Hall–Kier alpha value is -0.0800. The quantitative estimate of drug-likeness (QED) is 0.0725. The van der Waals surface area contributed by atoms with E-state index in [2.05, 4.69) is 13.8 Å². The Bertz CT molecular complexity index is 349. The van der Waals surface area contributed by atoms with Crippen molar-refractivity contribution in [3.05, 3.63) is 5.21 Å². The molecule has 0 aromatic heterocycles. The van der Waals surface area contributed by atoms with E-state index in [-0.39, 0.29) is 4.65 Å². The first kappa shape index (κ1) is 31.9. The average Bonchev–Trinajstić information content (AvgIpc) is 2.74. The molecule has 0 aliphatic heterocycles. The Labute approximate surface area is 204 Å². The van der Waals surface area contributed by atoms with Gasteiger partial charge in [-0.15, -0.1) is 0 Å². The van der Waals surface area contributed by atoms with E-state index in [0.29, 0.717) is 5.92 Å². The molecule has 2 heteroatoms. The predicted octanol–water partition coefficient (Wildman–Crippen LogP) is 10.6. The summed E-state index contributed by atoms with van der Waals surface area (Å²) < 4.78 is -0.110. The van der Waals surface area contributed by atoms with Crippen LogP contribution in [0.15, 0.2) is 0 Å². The zero-order valence-electron chi connectivity index (χ0n) is 23.1. The molecular formula is C30H63NO. The van der Waals surface area contributed by atoms with E-state index < -0.39 is 0 Å². The SMILES string of the molecule is CCCCCCCCCCCCCCC(CCCCCCCCCCCC)C[N+](C)(C)[O-]. The van der Waals surface area contributed by atoms with E-state index >= 15 is 0 Å². The number of quaternary nitrogens is 1. The summed E-state index contributed by atoms with van der Waals surface area (Å²) in [5, 5.41) is 12.3. The summed E-state index contributed by atoms with van der Waals surface area (Å²) in [6.45, 7) is 5.40. The topological polar surface area (TPSA) is 23.1 Å². The molecule has 1 atom stereocenters. The van der Waals surface area contributed by atoms with E-state index in [1.54, 1.807) is 0 Å². The van der Waals surface area contributed by atoms with Crippen LogP contribution < -0.4 is 0 Å². The highest BCUT2D eigenvalue weighted by Crippen LogP contribution is 2.22. The van der Waals surface area contributed by atoms with Gasteiger partial charge in [0.1, 0.15) is 0 Å². The molecule has 0 bridgehead atoms. The lowest BCUT2D eigenvalue weighted by molar-refractivity contribution is -0.843. The molecule has 32 heavy (non-hydrogen) atoms. The molecule has 2 nitrogen and oxygen atoms in total. The van der Waals surface area contributed by atoms with Crippen LogP contribution in [0.5, 0.6) is 0 Å². The van der Waals surface area contributed by atoms with E-state index in [4.69, 9.17) is 0 Å². The largest absolute Gasteiger partial charge is 0.633 e. The van der Waals surface area contributed by atoms with E-state index in [1.165, 1.54) is 154 Å². The summed E-state index contributed by atoms with van der Waals surface area (Å²) >= 11 is 0. The van der Waals surface area contributed by atoms with Gasteiger partial charge in [0.15, 0.2) is 0 Å². The third-order valence-corrected chi connectivity index (χ3v) is 7.13. The Morgan fingerprint density at radius 3 is 0.938 bits per heavy atom. The van der Waals surface area contributed by atoms with Crippen molar-refractivity contribution in [3.63, 3.8) is 0 Å². The fraction of sp³-hybridized carbons (Fsp3) is 1.00. The highest BCUT2D eigenvalue weighted by Gasteiger charge is 2.15. The van der Waals surface area contributed by atoms with Crippen molar-refractivity contribution in [1.29, 1.82) is 0 Å². The van der Waals surface area contributed by atoms with Crippen LogP contribution in [0.1, 0.15) is 168 Å². The molecular weight excluding hydrogens is 390 g/mol. The van der Waals surface area contributed by atoms with Crippen LogP contribution in [0.3, 0.4) is 0 Å². The van der Waals surface area contributed by atoms with Crippen molar-refractivity contribution in [2.75, 3.05) is 20.6 Å². The number of hydrogen-bond donors (Lipinski definition) is 0. The smallest absolute Gasteiger partial charge is 0.0808 e. The predicted molar refractivity (Wildman–Crippen MR) is 146 cm³/mol. The minimum atomic E-state index is -0.110. The van der Waals surface area contributed by atoms with Crippen molar-refractivity contribution < 1.29 is 4.65 Å². The van der Waals surface area contributed by atoms with Crippen molar-refractivity contribution in [2.24, 2.45) is 5.92 Å². The maximum absolute atomic E-state index is 12.3. The standard InChI is InChI=1S/C30H63NO/c1-5-7-9-11-13-15-17-18-20-22-24-26-28-30(29-31(3,4)32)27-25-23-21-19-16-14-12-10-8-6-2/h30H,5-29H2,1-4H3. The maximum atomic E-state index is 12.3. The van der Waals surface area contributed by atoms with Crippen LogP contribution in [0.4, 0.5) is 0 Å². The molecule has 0 aromatic rings. The summed E-state index contributed by atoms with van der Waals surface area (Å²) in [5.74, 6) is 0.639. The summed E-state index contributed by atoms with van der Waals surface area (Å²) in [7, 11) is 3.65. The van der Waals surface area contributed by atoms with Crippen molar-refractivity contribution in [2.45, 2.75) is 168 Å². The Balaban J connectivity index is 3.66. The second-order valence-corrected chi connectivity index (χ2v) is 11.3. The van der Waals surface area contributed by atoms with Gasteiger partial charge < -0.3 is 9.85 Å². The lowest BCUT2D eigenvalue weighted by atomic mass is 9.93. The summed E-state index contributed by atoms with van der Waals surface area (Å²) in [6, 6.07) is 0. The fourth-order valence-corrected chi connectivity index (χ4v) is 5.14. The third kappa shape index (κ3) is 26.2. The average molecular weight is 454 g/mol. The van der Waals surface area contributed by atoms with Gasteiger partial charge in [-0.05, 0) is 12.8 Å². The highest BCUT2D eigenvalue weighted by molar-refractivity contribution is 4.61. The number of hydroxylamine groups is 3. The van der Waals surface area contributed by atoms with Crippen LogP contribution in [0, 0.1) is 11.1 Å². The van der Waals surface area contributed by atoms with Gasteiger partial charge in [0.05, 0.1) is 20.6 Å². The second kappa shape index (κ2) is 24.1. The zero-order valence-corrected chi connectivity index (χ0v) is 23.1. The zero-order chi connectivity index (χ0) is 23.8. The summed E-state index contributed by atoms with van der Waals surface area (Å²) in [6.07, 6.45) is 33.5. The summed E-state index contributed by atoms with van der Waals surface area (Å²) in [4.78, 5) is 0. The minimum Gasteiger partial charge on any atom is -0.633 e. The van der Waals surface area contributed by atoms with E-state index in [9.17, 15) is 5.21 Å². The first-order valence-corrected chi connectivity index (χ1v) is 15.0. The molecule has 0 fully saturated rings. The van der Waals surface area contributed by atoms with Crippen molar-refractivity contribution in [3.8, 4) is 0 Å². The van der Waals surface area contributed by atoms with Gasteiger partial charge in [-0.1, -0.05) is 155 Å². The van der Waals surface area contributed by atoms with Gasteiger partial charge in [-0.3, -0.25) is 0 Å². The molecule has 0 rings (SSSR count). The van der Waals surface area contributed by atoms with Crippen LogP contribution >= 0.6 is 0 Å². The first-order valence-electron chi connectivity index (χ1n) is 15.0. The summed E-state index contributed by atoms with van der Waals surface area (Å²) in [5.41, 5.74) is 0. The molecule has 0 radical (unpaired) electrons. The van der Waals surface area contributed by atoms with Crippen LogP contribution in [0.25, 0.3) is 0 Å². The van der Waals surface area contributed by atoms with Crippen LogP contribution in [0.2, 0.25) is 0 Å². The monoisotopic (exact) mass is 453 g/mol. The Kier molecular flexibility index (Phi) is 24.0. The van der Waals surface area contributed by atoms with Gasteiger partial charge in [-0.2, -0.15) is 0 Å². The first-order chi connectivity index (χ1) is 15.5. The molecule has 1 unspecified atom stereocenters. The molecule has 0 amide bonds. The Morgan fingerprint density at radius 2 is 0.688 bits per heavy atom. The van der Waals surface area contributed by atoms with Gasteiger partial charge in [0, 0.05) is 5.92 Å². The number of nitrogens with zero attached hydrogens (tertiary/aromatic N) is 1. The van der Waals surface area contributed by atoms with Gasteiger partial charge in [-0.25, -0.2) is 0 Å². The lowest BCUT2D eigenvalue weighted by Gasteiger charge is -2.37. The molecule has 0 aromatic carbocycles. The third-order valence-electron chi connectivity index (χ3n) is 7.13. The number of hydrogen-bond acceptors (Lipinski definition) is 1. The molecule has 194 valence electrons. The molecule has 0 saturated carbocycles.